The first kappa shape index (κ1) is 21.2. The van der Waals surface area contributed by atoms with Crippen LogP contribution in [-0.2, 0) is 14.3 Å². The van der Waals surface area contributed by atoms with Gasteiger partial charge < -0.3 is 9.47 Å². The molecular formula is C21H38O3. The van der Waals surface area contributed by atoms with E-state index in [9.17, 15) is 4.79 Å². The summed E-state index contributed by atoms with van der Waals surface area (Å²) < 4.78 is 10.1. The number of carbonyl (C=O) groups excluding carboxylic acids is 1. The molecule has 1 saturated heterocycles. The molecule has 0 spiro atoms. The summed E-state index contributed by atoms with van der Waals surface area (Å²) in [5.41, 5.74) is 0. The van der Waals surface area contributed by atoms with Crippen molar-refractivity contribution in [3.63, 3.8) is 0 Å². The van der Waals surface area contributed by atoms with Gasteiger partial charge in [-0.1, -0.05) is 70.4 Å². The van der Waals surface area contributed by atoms with Gasteiger partial charge in [0.25, 0.3) is 0 Å². The van der Waals surface area contributed by atoms with Crippen LogP contribution in [0, 0.1) is 0 Å². The van der Waals surface area contributed by atoms with Crippen LogP contribution in [0.5, 0.6) is 0 Å². The van der Waals surface area contributed by atoms with E-state index in [0.29, 0.717) is 13.0 Å². The highest BCUT2D eigenvalue weighted by Crippen LogP contribution is 2.12. The molecule has 24 heavy (non-hydrogen) atoms. The molecule has 1 aliphatic heterocycles. The number of allylic oxidation sites excluding steroid dienone is 2. The van der Waals surface area contributed by atoms with Gasteiger partial charge in [0.15, 0.2) is 0 Å². The highest BCUT2D eigenvalue weighted by atomic mass is 16.6. The molecule has 0 radical (unpaired) electrons. The molecule has 1 atom stereocenters. The lowest BCUT2D eigenvalue weighted by atomic mass is 10.1. The smallest absolute Gasteiger partial charge is 0.305 e. The Morgan fingerprint density at radius 2 is 1.46 bits per heavy atom. The largest absolute Gasteiger partial charge is 0.463 e. The van der Waals surface area contributed by atoms with Crippen molar-refractivity contribution in [2.45, 2.75) is 103 Å². The maximum Gasteiger partial charge on any atom is 0.305 e. The zero-order valence-corrected chi connectivity index (χ0v) is 15.8. The fourth-order valence-electron chi connectivity index (χ4n) is 2.76. The van der Waals surface area contributed by atoms with E-state index >= 15 is 0 Å². The van der Waals surface area contributed by atoms with Crippen LogP contribution in [0.4, 0.5) is 0 Å². The first-order valence-corrected chi connectivity index (χ1v) is 10.2. The maximum absolute atomic E-state index is 11.4. The molecule has 0 aromatic carbocycles. The molecule has 1 aliphatic rings. The third-order valence-electron chi connectivity index (χ3n) is 4.48. The average Bonchev–Trinajstić information content (AvgIpc) is 3.41. The van der Waals surface area contributed by atoms with Gasteiger partial charge in [-0.3, -0.25) is 4.79 Å². The zero-order chi connectivity index (χ0) is 17.3. The molecule has 1 rings (SSSR count). The molecular weight excluding hydrogens is 300 g/mol. The number of unbranched alkanes of at least 4 members (excludes halogenated alkanes) is 11. The zero-order valence-electron chi connectivity index (χ0n) is 15.8. The van der Waals surface area contributed by atoms with Crippen molar-refractivity contribution in [3.05, 3.63) is 12.2 Å². The van der Waals surface area contributed by atoms with Gasteiger partial charge in [0.1, 0.15) is 12.7 Å². The molecule has 0 amide bonds. The summed E-state index contributed by atoms with van der Waals surface area (Å²) in [6.07, 6.45) is 22.1. The van der Waals surface area contributed by atoms with Crippen molar-refractivity contribution in [1.82, 2.24) is 0 Å². The molecule has 0 bridgehead atoms. The van der Waals surface area contributed by atoms with Gasteiger partial charge in [-0.15, -0.1) is 0 Å². The Hall–Kier alpha value is -0.830. The minimum Gasteiger partial charge on any atom is -0.463 e. The fraction of sp³-hybridized carbons (Fsp3) is 0.857. The number of hydrogen-bond donors (Lipinski definition) is 0. The predicted molar refractivity (Wildman–Crippen MR) is 100 cm³/mol. The minimum absolute atomic E-state index is 0.0665. The van der Waals surface area contributed by atoms with Crippen molar-refractivity contribution in [3.8, 4) is 0 Å². The summed E-state index contributed by atoms with van der Waals surface area (Å²) in [6.45, 7) is 3.47. The van der Waals surface area contributed by atoms with Crippen LogP contribution in [0.25, 0.3) is 0 Å². The molecule has 0 N–H and O–H groups in total. The summed E-state index contributed by atoms with van der Waals surface area (Å²) in [4.78, 5) is 11.4. The van der Waals surface area contributed by atoms with Gasteiger partial charge in [0.05, 0.1) is 6.61 Å². The van der Waals surface area contributed by atoms with Gasteiger partial charge in [-0.2, -0.15) is 0 Å². The van der Waals surface area contributed by atoms with Crippen molar-refractivity contribution in [1.29, 1.82) is 0 Å². The number of epoxide rings is 1. The van der Waals surface area contributed by atoms with E-state index < -0.39 is 0 Å². The third kappa shape index (κ3) is 14.7. The van der Waals surface area contributed by atoms with Crippen LogP contribution >= 0.6 is 0 Å². The van der Waals surface area contributed by atoms with Crippen LogP contribution < -0.4 is 0 Å². The minimum atomic E-state index is -0.0665. The lowest BCUT2D eigenvalue weighted by molar-refractivity contribution is -0.144. The number of hydrogen-bond acceptors (Lipinski definition) is 3. The van der Waals surface area contributed by atoms with E-state index in [1.54, 1.807) is 0 Å². The second kappa shape index (κ2) is 15.7. The number of carbonyl (C=O) groups is 1. The molecule has 1 heterocycles. The fourth-order valence-corrected chi connectivity index (χ4v) is 2.76. The van der Waals surface area contributed by atoms with Gasteiger partial charge in [0, 0.05) is 6.42 Å². The Morgan fingerprint density at radius 1 is 0.917 bits per heavy atom. The van der Waals surface area contributed by atoms with E-state index in [2.05, 4.69) is 19.1 Å². The molecule has 140 valence electrons. The molecule has 3 heteroatoms. The Kier molecular flexibility index (Phi) is 13.9. The summed E-state index contributed by atoms with van der Waals surface area (Å²) in [7, 11) is 0. The summed E-state index contributed by atoms with van der Waals surface area (Å²) >= 11 is 0. The Labute approximate surface area is 149 Å². The second-order valence-corrected chi connectivity index (χ2v) is 6.97. The SMILES string of the molecule is CCCCCCCC/C=C\CCCCCCCC(=O)OCC1CO1. The monoisotopic (exact) mass is 338 g/mol. The Balaban J connectivity index is 1.72. The summed E-state index contributed by atoms with van der Waals surface area (Å²) in [5.74, 6) is -0.0665. The van der Waals surface area contributed by atoms with Crippen molar-refractivity contribution < 1.29 is 14.3 Å². The topological polar surface area (TPSA) is 38.8 Å². The predicted octanol–water partition coefficient (Wildman–Crippen LogP) is 5.97. The third-order valence-corrected chi connectivity index (χ3v) is 4.48. The average molecular weight is 339 g/mol. The molecule has 0 saturated carbocycles. The van der Waals surface area contributed by atoms with E-state index in [0.717, 1.165) is 19.4 Å². The maximum atomic E-state index is 11.4. The Morgan fingerprint density at radius 3 is 2.04 bits per heavy atom. The molecule has 0 aromatic heterocycles. The highest BCUT2D eigenvalue weighted by Gasteiger charge is 2.23. The van der Waals surface area contributed by atoms with E-state index in [1.165, 1.54) is 70.6 Å². The quantitative estimate of drug-likeness (QED) is 0.142. The number of rotatable bonds is 17. The Bertz CT molecular complexity index is 321. The van der Waals surface area contributed by atoms with E-state index in [-0.39, 0.29) is 12.1 Å². The van der Waals surface area contributed by atoms with Crippen LogP contribution in [0.15, 0.2) is 12.2 Å². The lowest BCUT2D eigenvalue weighted by Crippen LogP contribution is -2.09. The molecule has 3 nitrogen and oxygen atoms in total. The first-order chi connectivity index (χ1) is 11.8. The van der Waals surface area contributed by atoms with Gasteiger partial charge in [-0.25, -0.2) is 0 Å². The standard InChI is InChI=1S/C21H38O3/c1-2-3-4-5-6-7-8-9-10-11-12-13-14-15-16-17-21(22)24-19-20-18-23-20/h9-10,20H,2-8,11-19H2,1H3/b10-9-. The molecule has 0 aromatic rings. The van der Waals surface area contributed by atoms with Gasteiger partial charge >= 0.3 is 5.97 Å². The number of ether oxygens (including phenoxy) is 2. The highest BCUT2D eigenvalue weighted by molar-refractivity contribution is 5.69. The summed E-state index contributed by atoms with van der Waals surface area (Å²) in [6, 6.07) is 0. The van der Waals surface area contributed by atoms with Gasteiger partial charge in [0.2, 0.25) is 0 Å². The van der Waals surface area contributed by atoms with Crippen LogP contribution in [-0.4, -0.2) is 25.3 Å². The normalized spacial score (nSPS) is 16.6. The van der Waals surface area contributed by atoms with Crippen molar-refractivity contribution in [2.75, 3.05) is 13.2 Å². The second-order valence-electron chi connectivity index (χ2n) is 6.97. The van der Waals surface area contributed by atoms with Crippen molar-refractivity contribution >= 4 is 5.97 Å². The van der Waals surface area contributed by atoms with Crippen LogP contribution in [0.1, 0.15) is 96.8 Å². The molecule has 1 unspecified atom stereocenters. The lowest BCUT2D eigenvalue weighted by Gasteiger charge is -2.02. The summed E-state index contributed by atoms with van der Waals surface area (Å²) in [5, 5.41) is 0. The first-order valence-electron chi connectivity index (χ1n) is 10.2. The molecule has 0 aliphatic carbocycles. The number of esters is 1. The van der Waals surface area contributed by atoms with Crippen LogP contribution in [0.3, 0.4) is 0 Å². The molecule has 1 fully saturated rings. The van der Waals surface area contributed by atoms with E-state index in [4.69, 9.17) is 9.47 Å². The van der Waals surface area contributed by atoms with Crippen molar-refractivity contribution in [2.24, 2.45) is 0 Å². The van der Waals surface area contributed by atoms with Crippen LogP contribution in [0.2, 0.25) is 0 Å². The van der Waals surface area contributed by atoms with Gasteiger partial charge in [-0.05, 0) is 32.1 Å². The van der Waals surface area contributed by atoms with E-state index in [1.807, 2.05) is 0 Å².